The Morgan fingerprint density at radius 3 is 2.48 bits per heavy atom. The van der Waals surface area contributed by atoms with E-state index in [1.54, 1.807) is 18.2 Å². The van der Waals surface area contributed by atoms with Gasteiger partial charge in [-0.3, -0.25) is 24.1 Å². The van der Waals surface area contributed by atoms with Gasteiger partial charge in [0.05, 0.1) is 0 Å². The summed E-state index contributed by atoms with van der Waals surface area (Å²) in [5.74, 6) is -1.42. The second-order valence-corrected chi connectivity index (χ2v) is 4.58. The Bertz CT molecular complexity index is 596. The summed E-state index contributed by atoms with van der Waals surface area (Å²) in [6, 6.07) is 6.39. The van der Waals surface area contributed by atoms with E-state index in [-0.39, 0.29) is 37.1 Å². The third-order valence-corrected chi connectivity index (χ3v) is 3.09. The van der Waals surface area contributed by atoms with Crippen molar-refractivity contribution in [2.75, 3.05) is 18.9 Å². The molecule has 0 saturated carbocycles. The molecule has 1 aliphatic rings. The Morgan fingerprint density at radius 1 is 1.19 bits per heavy atom. The van der Waals surface area contributed by atoms with Crippen LogP contribution in [0.15, 0.2) is 24.3 Å². The Morgan fingerprint density at radius 2 is 1.86 bits per heavy atom. The maximum atomic E-state index is 11.9. The highest BCUT2D eigenvalue weighted by Crippen LogP contribution is 2.13. The molecule has 7 heteroatoms. The predicted octanol–water partition coefficient (Wildman–Crippen LogP) is 0.134. The molecule has 0 bridgehead atoms. The molecule has 4 amide bonds. The van der Waals surface area contributed by atoms with Crippen molar-refractivity contribution < 1.29 is 19.2 Å². The van der Waals surface area contributed by atoms with E-state index in [1.165, 1.54) is 13.1 Å². The van der Waals surface area contributed by atoms with Crippen molar-refractivity contribution in [3.63, 3.8) is 0 Å². The lowest BCUT2D eigenvalue weighted by Gasteiger charge is -2.13. The standard InChI is InChI=1S/C14H15N3O4/c1-15-14(21)9-3-2-4-10(7-9)16-11(18)8-17-12(19)5-6-13(17)20/h2-4,7H,5-6,8H2,1H3,(H,15,21)(H,16,18). The van der Waals surface area contributed by atoms with Gasteiger partial charge >= 0.3 is 0 Å². The van der Waals surface area contributed by atoms with Crippen LogP contribution in [0.4, 0.5) is 5.69 Å². The Kier molecular flexibility index (Phi) is 4.32. The number of hydrogen-bond acceptors (Lipinski definition) is 4. The molecular weight excluding hydrogens is 274 g/mol. The van der Waals surface area contributed by atoms with Crippen LogP contribution in [0.5, 0.6) is 0 Å². The average molecular weight is 289 g/mol. The summed E-state index contributed by atoms with van der Waals surface area (Å²) in [5, 5.41) is 5.05. The second-order valence-electron chi connectivity index (χ2n) is 4.58. The number of nitrogens with one attached hydrogen (secondary N) is 2. The first-order valence-electron chi connectivity index (χ1n) is 6.46. The fourth-order valence-electron chi connectivity index (χ4n) is 2.03. The first kappa shape index (κ1) is 14.7. The molecule has 1 heterocycles. The van der Waals surface area contributed by atoms with Crippen LogP contribution in [0.25, 0.3) is 0 Å². The fourth-order valence-corrected chi connectivity index (χ4v) is 2.03. The maximum absolute atomic E-state index is 11.9. The van der Waals surface area contributed by atoms with Crippen molar-refractivity contribution in [2.45, 2.75) is 12.8 Å². The number of carbonyl (C=O) groups excluding carboxylic acids is 4. The molecule has 1 aromatic carbocycles. The summed E-state index contributed by atoms with van der Waals surface area (Å²) < 4.78 is 0. The van der Waals surface area contributed by atoms with E-state index < -0.39 is 5.91 Å². The van der Waals surface area contributed by atoms with E-state index in [2.05, 4.69) is 10.6 Å². The van der Waals surface area contributed by atoms with Crippen molar-refractivity contribution in [2.24, 2.45) is 0 Å². The average Bonchev–Trinajstić information content (AvgIpc) is 2.78. The topological polar surface area (TPSA) is 95.6 Å². The molecule has 0 aromatic heterocycles. The number of benzene rings is 1. The van der Waals surface area contributed by atoms with E-state index in [4.69, 9.17) is 0 Å². The largest absolute Gasteiger partial charge is 0.355 e. The molecule has 0 spiro atoms. The number of carbonyl (C=O) groups is 4. The molecule has 1 fully saturated rings. The Labute approximate surface area is 121 Å². The summed E-state index contributed by atoms with van der Waals surface area (Å²) >= 11 is 0. The first-order chi connectivity index (χ1) is 10.0. The van der Waals surface area contributed by atoms with Gasteiger partial charge in [0.2, 0.25) is 17.7 Å². The Hall–Kier alpha value is -2.70. The quantitative estimate of drug-likeness (QED) is 0.770. The van der Waals surface area contributed by atoms with Gasteiger partial charge in [0.25, 0.3) is 5.91 Å². The molecule has 7 nitrogen and oxygen atoms in total. The van der Waals surface area contributed by atoms with Gasteiger partial charge in [-0.25, -0.2) is 0 Å². The zero-order valence-electron chi connectivity index (χ0n) is 11.5. The van der Waals surface area contributed by atoms with Crippen LogP contribution in [0.1, 0.15) is 23.2 Å². The number of anilines is 1. The molecule has 1 aromatic rings. The van der Waals surface area contributed by atoms with Crippen LogP contribution in [-0.2, 0) is 14.4 Å². The van der Waals surface area contributed by atoms with Crippen molar-refractivity contribution in [1.82, 2.24) is 10.2 Å². The minimum Gasteiger partial charge on any atom is -0.355 e. The van der Waals surface area contributed by atoms with Crippen LogP contribution in [0, 0.1) is 0 Å². The van der Waals surface area contributed by atoms with E-state index >= 15 is 0 Å². The normalized spacial score (nSPS) is 14.2. The van der Waals surface area contributed by atoms with Gasteiger partial charge < -0.3 is 10.6 Å². The van der Waals surface area contributed by atoms with Crippen LogP contribution in [-0.4, -0.2) is 42.1 Å². The number of rotatable bonds is 4. The van der Waals surface area contributed by atoms with Crippen molar-refractivity contribution >= 4 is 29.3 Å². The Balaban J connectivity index is 2.01. The highest BCUT2D eigenvalue weighted by molar-refractivity contribution is 6.06. The van der Waals surface area contributed by atoms with Gasteiger partial charge in [-0.05, 0) is 18.2 Å². The zero-order valence-corrected chi connectivity index (χ0v) is 11.5. The third kappa shape index (κ3) is 3.44. The van der Waals surface area contributed by atoms with Gasteiger partial charge in [0, 0.05) is 31.1 Å². The highest BCUT2D eigenvalue weighted by Gasteiger charge is 2.30. The minimum absolute atomic E-state index is 0.151. The molecule has 2 N–H and O–H groups in total. The molecule has 1 aliphatic heterocycles. The monoisotopic (exact) mass is 289 g/mol. The molecule has 0 aliphatic carbocycles. The number of amides is 4. The molecule has 1 saturated heterocycles. The number of hydrogen-bond donors (Lipinski definition) is 2. The number of nitrogens with zero attached hydrogens (tertiary/aromatic N) is 1. The lowest BCUT2D eigenvalue weighted by Crippen LogP contribution is -2.36. The maximum Gasteiger partial charge on any atom is 0.251 e. The molecule has 110 valence electrons. The van der Waals surface area contributed by atoms with E-state index in [0.717, 1.165) is 4.90 Å². The molecule has 21 heavy (non-hydrogen) atoms. The molecule has 0 radical (unpaired) electrons. The minimum atomic E-state index is -0.479. The zero-order chi connectivity index (χ0) is 15.4. The summed E-state index contributed by atoms with van der Waals surface area (Å²) in [6.45, 7) is -0.304. The van der Waals surface area contributed by atoms with Crippen molar-refractivity contribution in [3.8, 4) is 0 Å². The van der Waals surface area contributed by atoms with Gasteiger partial charge in [0.15, 0.2) is 0 Å². The van der Waals surface area contributed by atoms with E-state index in [0.29, 0.717) is 11.3 Å². The van der Waals surface area contributed by atoms with Crippen molar-refractivity contribution in [1.29, 1.82) is 0 Å². The number of imide groups is 1. The van der Waals surface area contributed by atoms with Crippen LogP contribution < -0.4 is 10.6 Å². The smallest absolute Gasteiger partial charge is 0.251 e. The first-order valence-corrected chi connectivity index (χ1v) is 6.46. The molecular formula is C14H15N3O4. The summed E-state index contributed by atoms with van der Waals surface area (Å²) in [4.78, 5) is 47.1. The van der Waals surface area contributed by atoms with Crippen molar-refractivity contribution in [3.05, 3.63) is 29.8 Å². The lowest BCUT2D eigenvalue weighted by atomic mass is 10.2. The van der Waals surface area contributed by atoms with Gasteiger partial charge in [-0.1, -0.05) is 6.07 Å². The summed E-state index contributed by atoms with van der Waals surface area (Å²) in [7, 11) is 1.51. The van der Waals surface area contributed by atoms with Gasteiger partial charge in [-0.15, -0.1) is 0 Å². The fraction of sp³-hybridized carbons (Fsp3) is 0.286. The van der Waals surface area contributed by atoms with Gasteiger partial charge in [-0.2, -0.15) is 0 Å². The van der Waals surface area contributed by atoms with Crippen LogP contribution >= 0.6 is 0 Å². The molecule has 2 rings (SSSR count). The SMILES string of the molecule is CNC(=O)c1cccc(NC(=O)CN2C(=O)CCC2=O)c1. The highest BCUT2D eigenvalue weighted by atomic mass is 16.2. The van der Waals surface area contributed by atoms with E-state index in [1.807, 2.05) is 0 Å². The van der Waals surface area contributed by atoms with E-state index in [9.17, 15) is 19.2 Å². The second kappa shape index (κ2) is 6.17. The molecule has 0 atom stereocenters. The summed E-state index contributed by atoms with van der Waals surface area (Å²) in [5.41, 5.74) is 0.837. The lowest BCUT2D eigenvalue weighted by molar-refractivity contribution is -0.141. The third-order valence-electron chi connectivity index (χ3n) is 3.09. The van der Waals surface area contributed by atoms with Gasteiger partial charge in [0.1, 0.15) is 6.54 Å². The van der Waals surface area contributed by atoms with Crippen LogP contribution in [0.2, 0.25) is 0 Å². The van der Waals surface area contributed by atoms with Crippen LogP contribution in [0.3, 0.4) is 0 Å². The molecule has 0 unspecified atom stereocenters. The predicted molar refractivity (Wildman–Crippen MR) is 74.4 cm³/mol. The summed E-state index contributed by atoms with van der Waals surface area (Å²) in [6.07, 6.45) is 0.302. The number of likely N-dealkylation sites (tertiary alicyclic amines) is 1.